The van der Waals surface area contributed by atoms with Crippen LogP contribution in [0.4, 0.5) is 0 Å². The van der Waals surface area contributed by atoms with E-state index >= 15 is 0 Å². The van der Waals surface area contributed by atoms with Crippen molar-refractivity contribution in [2.75, 3.05) is 0 Å². The fourth-order valence-corrected chi connectivity index (χ4v) is 2.74. The van der Waals surface area contributed by atoms with Crippen molar-refractivity contribution in [1.29, 1.82) is 0 Å². The smallest absolute Gasteiger partial charge is 0.225 e. The van der Waals surface area contributed by atoms with E-state index in [1.54, 1.807) is 11.3 Å². The molecular formula is C8H10BrNOS. The van der Waals surface area contributed by atoms with Crippen LogP contribution in [-0.4, -0.2) is 5.91 Å². The van der Waals surface area contributed by atoms with Crippen LogP contribution in [0.5, 0.6) is 0 Å². The van der Waals surface area contributed by atoms with E-state index in [2.05, 4.69) is 15.9 Å². The molecule has 0 aliphatic heterocycles. The second kappa shape index (κ2) is 4.05. The molecule has 1 aromatic rings. The molecule has 0 saturated carbocycles. The first-order valence-corrected chi connectivity index (χ1v) is 5.41. The zero-order valence-electron chi connectivity index (χ0n) is 6.71. The summed E-state index contributed by atoms with van der Waals surface area (Å²) >= 11 is 4.95. The van der Waals surface area contributed by atoms with Crippen LogP contribution in [0.15, 0.2) is 15.2 Å². The number of primary amides is 1. The molecule has 2 N–H and O–H groups in total. The number of amides is 1. The largest absolute Gasteiger partial charge is 0.369 e. The molecule has 66 valence electrons. The number of nitrogens with two attached hydrogens (primary N) is 1. The van der Waals surface area contributed by atoms with E-state index in [1.165, 1.54) is 0 Å². The van der Waals surface area contributed by atoms with Crippen molar-refractivity contribution in [2.24, 2.45) is 5.73 Å². The topological polar surface area (TPSA) is 43.1 Å². The van der Waals surface area contributed by atoms with E-state index in [1.807, 2.05) is 17.7 Å². The molecule has 12 heavy (non-hydrogen) atoms. The van der Waals surface area contributed by atoms with Crippen LogP contribution in [-0.2, 0) is 4.79 Å². The lowest BCUT2D eigenvalue weighted by Crippen LogP contribution is -2.20. The third-order valence-electron chi connectivity index (χ3n) is 1.77. The summed E-state index contributed by atoms with van der Waals surface area (Å²) in [5.41, 5.74) is 6.26. The van der Waals surface area contributed by atoms with E-state index in [-0.39, 0.29) is 11.8 Å². The molecule has 0 aliphatic rings. The number of halogens is 1. The van der Waals surface area contributed by atoms with Crippen LogP contribution >= 0.6 is 27.3 Å². The summed E-state index contributed by atoms with van der Waals surface area (Å²) in [6, 6.07) is 0. The van der Waals surface area contributed by atoms with Gasteiger partial charge in [0.15, 0.2) is 0 Å². The maximum atomic E-state index is 11.0. The van der Waals surface area contributed by atoms with Gasteiger partial charge in [-0.05, 0) is 33.3 Å². The predicted octanol–water partition coefficient (Wildman–Crippen LogP) is 2.49. The van der Waals surface area contributed by atoms with Gasteiger partial charge in [-0.2, -0.15) is 11.3 Å². The molecule has 1 aromatic heterocycles. The fraction of sp³-hybridized carbons (Fsp3) is 0.375. The maximum Gasteiger partial charge on any atom is 0.225 e. The Labute approximate surface area is 83.9 Å². The average Bonchev–Trinajstić information content (AvgIpc) is 2.38. The van der Waals surface area contributed by atoms with Gasteiger partial charge in [0, 0.05) is 9.85 Å². The van der Waals surface area contributed by atoms with Gasteiger partial charge in [-0.3, -0.25) is 4.79 Å². The lowest BCUT2D eigenvalue weighted by Gasteiger charge is -2.08. The Morgan fingerprint density at radius 2 is 2.42 bits per heavy atom. The van der Waals surface area contributed by atoms with Crippen molar-refractivity contribution in [3.63, 3.8) is 0 Å². The Morgan fingerprint density at radius 1 is 1.75 bits per heavy atom. The van der Waals surface area contributed by atoms with E-state index in [0.29, 0.717) is 0 Å². The number of carbonyl (C=O) groups is 1. The zero-order chi connectivity index (χ0) is 9.14. The maximum absolute atomic E-state index is 11.0. The highest BCUT2D eigenvalue weighted by molar-refractivity contribution is 9.10. The first kappa shape index (κ1) is 9.74. The molecule has 1 atom stereocenters. The minimum Gasteiger partial charge on any atom is -0.369 e. The molecule has 1 amide bonds. The summed E-state index contributed by atoms with van der Waals surface area (Å²) in [5.74, 6) is -0.401. The highest BCUT2D eigenvalue weighted by Gasteiger charge is 2.18. The van der Waals surface area contributed by atoms with Crippen molar-refractivity contribution in [1.82, 2.24) is 0 Å². The van der Waals surface area contributed by atoms with E-state index < -0.39 is 0 Å². The number of rotatable bonds is 3. The van der Waals surface area contributed by atoms with Crippen molar-refractivity contribution in [3.8, 4) is 0 Å². The van der Waals surface area contributed by atoms with Crippen molar-refractivity contribution in [2.45, 2.75) is 19.3 Å². The van der Waals surface area contributed by atoms with Crippen LogP contribution < -0.4 is 5.73 Å². The third kappa shape index (κ3) is 1.87. The molecule has 0 radical (unpaired) electrons. The van der Waals surface area contributed by atoms with E-state index in [0.717, 1.165) is 16.5 Å². The second-order valence-electron chi connectivity index (χ2n) is 2.54. The summed E-state index contributed by atoms with van der Waals surface area (Å²) < 4.78 is 0.984. The highest BCUT2D eigenvalue weighted by Crippen LogP contribution is 2.30. The van der Waals surface area contributed by atoms with Gasteiger partial charge in [0.2, 0.25) is 5.91 Å². The van der Waals surface area contributed by atoms with Gasteiger partial charge in [0.05, 0.1) is 5.92 Å². The van der Waals surface area contributed by atoms with Gasteiger partial charge in [0.25, 0.3) is 0 Å². The van der Waals surface area contributed by atoms with Gasteiger partial charge in [-0.15, -0.1) is 0 Å². The Morgan fingerprint density at radius 3 is 2.75 bits per heavy atom. The molecule has 0 saturated heterocycles. The van der Waals surface area contributed by atoms with Gasteiger partial charge in [-0.25, -0.2) is 0 Å². The molecule has 0 aromatic carbocycles. The molecule has 1 heterocycles. The minimum atomic E-state index is -0.253. The Kier molecular flexibility index (Phi) is 3.29. The molecule has 0 spiro atoms. The van der Waals surface area contributed by atoms with Crippen molar-refractivity contribution < 1.29 is 4.79 Å². The standard InChI is InChI=1S/C8H10BrNOS/c1-2-5(8(10)11)6-3-12-4-7(6)9/h3-5H,2H2,1H3,(H2,10,11). The number of hydrogen-bond donors (Lipinski definition) is 1. The number of carbonyl (C=O) groups excluding carboxylic acids is 1. The lowest BCUT2D eigenvalue weighted by atomic mass is 9.99. The zero-order valence-corrected chi connectivity index (χ0v) is 9.11. The average molecular weight is 248 g/mol. The SMILES string of the molecule is CCC(C(N)=O)c1cscc1Br. The van der Waals surface area contributed by atoms with Crippen LogP contribution in [0, 0.1) is 0 Å². The molecule has 1 rings (SSSR count). The number of thiophene rings is 1. The molecule has 0 fully saturated rings. The van der Waals surface area contributed by atoms with Crippen LogP contribution in [0.25, 0.3) is 0 Å². The van der Waals surface area contributed by atoms with Gasteiger partial charge < -0.3 is 5.73 Å². The minimum absolute atomic E-state index is 0.148. The quantitative estimate of drug-likeness (QED) is 0.877. The molecular weight excluding hydrogens is 238 g/mol. The van der Waals surface area contributed by atoms with Crippen LogP contribution in [0.3, 0.4) is 0 Å². The van der Waals surface area contributed by atoms with Crippen LogP contribution in [0.2, 0.25) is 0 Å². The summed E-state index contributed by atoms with van der Waals surface area (Å²) in [4.78, 5) is 11.0. The van der Waals surface area contributed by atoms with E-state index in [4.69, 9.17) is 5.73 Å². The first-order valence-electron chi connectivity index (χ1n) is 3.67. The van der Waals surface area contributed by atoms with Crippen molar-refractivity contribution in [3.05, 3.63) is 20.8 Å². The van der Waals surface area contributed by atoms with Gasteiger partial charge >= 0.3 is 0 Å². The highest BCUT2D eigenvalue weighted by atomic mass is 79.9. The Bertz CT molecular complexity index is 284. The lowest BCUT2D eigenvalue weighted by molar-refractivity contribution is -0.119. The number of hydrogen-bond acceptors (Lipinski definition) is 2. The third-order valence-corrected chi connectivity index (χ3v) is 3.52. The molecule has 0 aliphatic carbocycles. The summed E-state index contributed by atoms with van der Waals surface area (Å²) in [6.07, 6.45) is 0.755. The van der Waals surface area contributed by atoms with Gasteiger partial charge in [0.1, 0.15) is 0 Å². The van der Waals surface area contributed by atoms with E-state index in [9.17, 15) is 4.79 Å². The molecule has 4 heteroatoms. The monoisotopic (exact) mass is 247 g/mol. The Hall–Kier alpha value is -0.350. The summed E-state index contributed by atoms with van der Waals surface area (Å²) in [5, 5.41) is 3.92. The molecule has 0 bridgehead atoms. The molecule has 2 nitrogen and oxygen atoms in total. The predicted molar refractivity (Wildman–Crippen MR) is 54.2 cm³/mol. The van der Waals surface area contributed by atoms with Crippen LogP contribution in [0.1, 0.15) is 24.8 Å². The summed E-state index contributed by atoms with van der Waals surface area (Å²) in [6.45, 7) is 1.96. The normalized spacial score (nSPS) is 12.8. The second-order valence-corrected chi connectivity index (χ2v) is 4.14. The van der Waals surface area contributed by atoms with Gasteiger partial charge in [-0.1, -0.05) is 6.92 Å². The van der Waals surface area contributed by atoms with Crippen molar-refractivity contribution >= 4 is 33.2 Å². The fourth-order valence-electron chi connectivity index (χ4n) is 1.11. The first-order chi connectivity index (χ1) is 5.66. The Balaban J connectivity index is 2.94. The summed E-state index contributed by atoms with van der Waals surface area (Å²) in [7, 11) is 0. The molecule has 1 unspecified atom stereocenters.